The second-order valence-electron chi connectivity index (χ2n) is 7.59. The third kappa shape index (κ3) is 3.94. The maximum Gasteiger partial charge on any atom is 0.280 e. The molecule has 0 fully saturated rings. The van der Waals surface area contributed by atoms with E-state index >= 15 is 0 Å². The number of amides is 1. The van der Waals surface area contributed by atoms with Crippen molar-refractivity contribution in [3.8, 4) is 0 Å². The number of benzene rings is 3. The number of para-hydroxylation sites is 1. The fraction of sp³-hybridized carbons (Fsp3) is 0.167. The number of nitrogens with zero attached hydrogens (tertiary/aromatic N) is 2. The predicted octanol–water partition coefficient (Wildman–Crippen LogP) is 4.41. The minimum atomic E-state index is -2.11. The SMILES string of the molecule is O=C(C[C@@]1(O)C(=O)N(CCc2ccccc2)c2ccc(Br)cc21)c1ccccc1[N+](=O)[O-]. The number of nitro groups is 1. The number of nitro benzene ring substituents is 1. The standard InChI is InChI=1S/C24H19BrN2O5/c25-17-10-11-21-19(14-17)24(30,15-22(28)18-8-4-5-9-20(18)27(31)32)23(29)26(21)13-12-16-6-2-1-3-7-16/h1-11,14,30H,12-13,15H2/t24-/m0/s1. The number of hydrogen-bond acceptors (Lipinski definition) is 5. The van der Waals surface area contributed by atoms with E-state index < -0.39 is 28.6 Å². The number of fused-ring (bicyclic) bond motifs is 1. The molecule has 4 rings (SSSR count). The summed E-state index contributed by atoms with van der Waals surface area (Å²) in [6.45, 7) is 0.319. The molecule has 1 heterocycles. The highest BCUT2D eigenvalue weighted by molar-refractivity contribution is 9.10. The van der Waals surface area contributed by atoms with Crippen LogP contribution in [0.2, 0.25) is 0 Å². The van der Waals surface area contributed by atoms with Gasteiger partial charge in [-0.15, -0.1) is 0 Å². The van der Waals surface area contributed by atoms with Crippen molar-refractivity contribution in [2.75, 3.05) is 11.4 Å². The Morgan fingerprint density at radius 1 is 1.06 bits per heavy atom. The number of aliphatic hydroxyl groups is 1. The van der Waals surface area contributed by atoms with Gasteiger partial charge in [-0.2, -0.15) is 0 Å². The van der Waals surface area contributed by atoms with Crippen molar-refractivity contribution >= 4 is 39.0 Å². The maximum atomic E-state index is 13.4. The van der Waals surface area contributed by atoms with E-state index in [-0.39, 0.29) is 11.3 Å². The molecule has 0 saturated carbocycles. The molecule has 0 spiro atoms. The van der Waals surface area contributed by atoms with E-state index in [1.54, 1.807) is 18.2 Å². The molecular formula is C24H19BrN2O5. The summed E-state index contributed by atoms with van der Waals surface area (Å²) in [5.41, 5.74) is -0.759. The normalized spacial score (nSPS) is 17.3. The van der Waals surface area contributed by atoms with Crippen LogP contribution in [0.3, 0.4) is 0 Å². The zero-order chi connectivity index (χ0) is 22.9. The second-order valence-corrected chi connectivity index (χ2v) is 8.50. The number of carbonyl (C=O) groups excluding carboxylic acids is 2. The Morgan fingerprint density at radius 3 is 2.47 bits per heavy atom. The molecule has 162 valence electrons. The molecule has 1 aliphatic heterocycles. The van der Waals surface area contributed by atoms with Crippen LogP contribution >= 0.6 is 15.9 Å². The zero-order valence-corrected chi connectivity index (χ0v) is 18.5. The summed E-state index contributed by atoms with van der Waals surface area (Å²) in [6.07, 6.45) is -0.0295. The van der Waals surface area contributed by atoms with Gasteiger partial charge in [0.25, 0.3) is 11.6 Å². The molecule has 3 aromatic carbocycles. The molecule has 1 aliphatic rings. The van der Waals surface area contributed by atoms with Gasteiger partial charge in [-0.05, 0) is 36.2 Å². The van der Waals surface area contributed by atoms with E-state index in [1.165, 1.54) is 29.2 Å². The van der Waals surface area contributed by atoms with Gasteiger partial charge >= 0.3 is 0 Å². The topological polar surface area (TPSA) is 101 Å². The van der Waals surface area contributed by atoms with Crippen LogP contribution in [0.5, 0.6) is 0 Å². The first-order chi connectivity index (χ1) is 15.3. The summed E-state index contributed by atoms with van der Waals surface area (Å²) in [5, 5.41) is 22.8. The van der Waals surface area contributed by atoms with Crippen molar-refractivity contribution in [3.05, 3.63) is 104 Å². The molecule has 1 amide bonds. The zero-order valence-electron chi connectivity index (χ0n) is 16.9. The maximum absolute atomic E-state index is 13.4. The van der Waals surface area contributed by atoms with Gasteiger partial charge in [0.05, 0.1) is 22.6 Å². The fourth-order valence-corrected chi connectivity index (χ4v) is 4.36. The van der Waals surface area contributed by atoms with Crippen LogP contribution in [0.4, 0.5) is 11.4 Å². The van der Waals surface area contributed by atoms with Gasteiger partial charge in [-0.3, -0.25) is 19.7 Å². The number of carbonyl (C=O) groups is 2. The van der Waals surface area contributed by atoms with Crippen LogP contribution in [0.25, 0.3) is 0 Å². The highest BCUT2D eigenvalue weighted by Crippen LogP contribution is 2.44. The van der Waals surface area contributed by atoms with Crippen LogP contribution in [0.15, 0.2) is 77.3 Å². The molecule has 1 atom stereocenters. The highest BCUT2D eigenvalue weighted by atomic mass is 79.9. The number of hydrogen-bond donors (Lipinski definition) is 1. The summed E-state index contributed by atoms with van der Waals surface area (Å²) in [7, 11) is 0. The third-order valence-corrected chi connectivity index (χ3v) is 6.07. The Hall–Kier alpha value is -3.36. The smallest absolute Gasteiger partial charge is 0.280 e. The number of ketones is 1. The van der Waals surface area contributed by atoms with Crippen LogP contribution in [0, 0.1) is 10.1 Å². The van der Waals surface area contributed by atoms with Gasteiger partial charge in [0, 0.05) is 22.6 Å². The van der Waals surface area contributed by atoms with E-state index in [0.717, 1.165) is 5.56 Å². The van der Waals surface area contributed by atoms with Crippen LogP contribution in [-0.4, -0.2) is 28.3 Å². The predicted molar refractivity (Wildman–Crippen MR) is 123 cm³/mol. The minimum Gasteiger partial charge on any atom is -0.375 e. The molecule has 0 bridgehead atoms. The van der Waals surface area contributed by atoms with E-state index in [9.17, 15) is 24.8 Å². The van der Waals surface area contributed by atoms with Gasteiger partial charge in [-0.25, -0.2) is 0 Å². The minimum absolute atomic E-state index is 0.141. The lowest BCUT2D eigenvalue weighted by Crippen LogP contribution is -2.42. The van der Waals surface area contributed by atoms with Crippen molar-refractivity contribution < 1.29 is 19.6 Å². The molecule has 8 heteroatoms. The van der Waals surface area contributed by atoms with Crippen molar-refractivity contribution in [2.24, 2.45) is 0 Å². The summed E-state index contributed by atoms with van der Waals surface area (Å²) < 4.78 is 0.644. The summed E-state index contributed by atoms with van der Waals surface area (Å²) in [4.78, 5) is 38.5. The first-order valence-corrected chi connectivity index (χ1v) is 10.8. The Morgan fingerprint density at radius 2 is 1.75 bits per heavy atom. The summed E-state index contributed by atoms with van der Waals surface area (Å²) >= 11 is 3.36. The molecule has 1 N–H and O–H groups in total. The van der Waals surface area contributed by atoms with E-state index in [4.69, 9.17) is 0 Å². The lowest BCUT2D eigenvalue weighted by molar-refractivity contribution is -0.385. The van der Waals surface area contributed by atoms with Gasteiger partial charge in [0.2, 0.25) is 0 Å². The van der Waals surface area contributed by atoms with Crippen LogP contribution in [-0.2, 0) is 16.8 Å². The van der Waals surface area contributed by atoms with Crippen LogP contribution in [0.1, 0.15) is 27.9 Å². The largest absolute Gasteiger partial charge is 0.375 e. The van der Waals surface area contributed by atoms with Gasteiger partial charge in [0.15, 0.2) is 11.4 Å². The quantitative estimate of drug-likeness (QED) is 0.297. The van der Waals surface area contributed by atoms with Crippen molar-refractivity contribution in [2.45, 2.75) is 18.4 Å². The lowest BCUT2D eigenvalue weighted by atomic mass is 9.88. The number of anilines is 1. The Balaban J connectivity index is 1.67. The number of Topliss-reactive ketones (excluding diaryl/α,β-unsaturated/α-hetero) is 1. The first kappa shape index (κ1) is 21.9. The second kappa shape index (κ2) is 8.64. The molecule has 0 saturated heterocycles. The van der Waals surface area contributed by atoms with Crippen molar-refractivity contribution in [3.63, 3.8) is 0 Å². The summed E-state index contributed by atoms with van der Waals surface area (Å²) in [5.74, 6) is -1.29. The van der Waals surface area contributed by atoms with Gasteiger partial charge in [-0.1, -0.05) is 58.4 Å². The third-order valence-electron chi connectivity index (χ3n) is 5.58. The van der Waals surface area contributed by atoms with E-state index in [2.05, 4.69) is 15.9 Å². The van der Waals surface area contributed by atoms with E-state index in [1.807, 2.05) is 30.3 Å². The molecular weight excluding hydrogens is 476 g/mol. The molecule has 0 unspecified atom stereocenters. The van der Waals surface area contributed by atoms with Crippen molar-refractivity contribution in [1.82, 2.24) is 0 Å². The van der Waals surface area contributed by atoms with Crippen LogP contribution < -0.4 is 4.90 Å². The Kier molecular flexibility index (Phi) is 5.90. The molecule has 3 aromatic rings. The fourth-order valence-electron chi connectivity index (χ4n) is 4.00. The molecule has 7 nitrogen and oxygen atoms in total. The molecule has 0 aromatic heterocycles. The number of halogens is 1. The molecule has 32 heavy (non-hydrogen) atoms. The summed E-state index contributed by atoms with van der Waals surface area (Å²) in [6, 6.07) is 20.3. The van der Waals surface area contributed by atoms with Gasteiger partial charge < -0.3 is 10.0 Å². The average Bonchev–Trinajstić information content (AvgIpc) is 2.99. The van der Waals surface area contributed by atoms with E-state index in [0.29, 0.717) is 28.7 Å². The average molecular weight is 495 g/mol. The Labute approximate surface area is 192 Å². The van der Waals surface area contributed by atoms with Crippen molar-refractivity contribution in [1.29, 1.82) is 0 Å². The number of rotatable bonds is 7. The highest BCUT2D eigenvalue weighted by Gasteiger charge is 2.51. The van der Waals surface area contributed by atoms with Gasteiger partial charge in [0.1, 0.15) is 0 Å². The molecule has 0 radical (unpaired) electrons. The molecule has 0 aliphatic carbocycles. The monoisotopic (exact) mass is 494 g/mol. The first-order valence-electron chi connectivity index (χ1n) is 9.96. The lowest BCUT2D eigenvalue weighted by Gasteiger charge is -2.23. The Bertz CT molecular complexity index is 1210.